The van der Waals surface area contributed by atoms with Gasteiger partial charge in [-0.1, -0.05) is 18.2 Å². The first-order valence-corrected chi connectivity index (χ1v) is 11.6. The summed E-state index contributed by atoms with van der Waals surface area (Å²) in [5, 5.41) is 0. The summed E-state index contributed by atoms with van der Waals surface area (Å²) < 4.78 is 11.1. The fourth-order valence-electron chi connectivity index (χ4n) is 5.17. The second kappa shape index (κ2) is 9.92. The number of piperazine rings is 1. The summed E-state index contributed by atoms with van der Waals surface area (Å²) in [6.45, 7) is 12.1. The molecule has 0 radical (unpaired) electrons. The number of likely N-dealkylation sites (tertiary alicyclic amines) is 1. The van der Waals surface area contributed by atoms with E-state index in [1.807, 2.05) is 6.07 Å². The lowest BCUT2D eigenvalue weighted by Gasteiger charge is -2.44. The molecule has 2 aromatic carbocycles. The monoisotopic (exact) mass is 423 g/mol. The van der Waals surface area contributed by atoms with Crippen LogP contribution in [0.3, 0.4) is 0 Å². The third-order valence-electron chi connectivity index (χ3n) is 6.98. The third-order valence-corrected chi connectivity index (χ3v) is 6.98. The first-order valence-electron chi connectivity index (χ1n) is 11.6. The molecule has 2 saturated heterocycles. The molecule has 5 nitrogen and oxygen atoms in total. The largest absolute Gasteiger partial charge is 0.496 e. The molecule has 0 aliphatic carbocycles. The van der Waals surface area contributed by atoms with E-state index in [2.05, 4.69) is 58.9 Å². The number of ether oxygens (including phenoxy) is 2. The maximum atomic E-state index is 5.58. The van der Waals surface area contributed by atoms with Crippen LogP contribution in [0.4, 0.5) is 5.69 Å². The highest BCUT2D eigenvalue weighted by atomic mass is 16.5. The quantitative estimate of drug-likeness (QED) is 0.697. The van der Waals surface area contributed by atoms with Crippen LogP contribution >= 0.6 is 0 Å². The lowest BCUT2D eigenvalue weighted by Crippen LogP contribution is -2.55. The second-order valence-electron chi connectivity index (χ2n) is 8.97. The van der Waals surface area contributed by atoms with E-state index in [0.29, 0.717) is 6.04 Å². The van der Waals surface area contributed by atoms with E-state index >= 15 is 0 Å². The fraction of sp³-hybridized carbons (Fsp3) is 0.538. The van der Waals surface area contributed by atoms with Crippen molar-refractivity contribution < 1.29 is 9.47 Å². The molecule has 2 fully saturated rings. The number of methoxy groups -OCH3 is 2. The van der Waals surface area contributed by atoms with Crippen molar-refractivity contribution >= 4 is 5.69 Å². The number of anilines is 1. The molecule has 2 aliphatic rings. The summed E-state index contributed by atoms with van der Waals surface area (Å²) in [7, 11) is 3.52. The SMILES string of the molecule is COc1cc(C)c(CN2CCC[C@H](N3CCN(c4ccccc4OC)CC3)C2)cc1C. The van der Waals surface area contributed by atoms with Gasteiger partial charge < -0.3 is 14.4 Å². The molecule has 2 heterocycles. The molecule has 2 aliphatic heterocycles. The van der Waals surface area contributed by atoms with Crippen LogP contribution in [0.1, 0.15) is 29.5 Å². The van der Waals surface area contributed by atoms with Crippen molar-refractivity contribution in [2.45, 2.75) is 39.3 Å². The average molecular weight is 424 g/mol. The van der Waals surface area contributed by atoms with Crippen molar-refractivity contribution in [1.29, 1.82) is 0 Å². The molecule has 4 rings (SSSR count). The molecule has 0 N–H and O–H groups in total. The highest BCUT2D eigenvalue weighted by molar-refractivity contribution is 5.58. The van der Waals surface area contributed by atoms with Crippen molar-refractivity contribution in [3.05, 3.63) is 53.1 Å². The van der Waals surface area contributed by atoms with Crippen LogP contribution in [-0.4, -0.2) is 69.3 Å². The molecule has 0 saturated carbocycles. The van der Waals surface area contributed by atoms with E-state index in [9.17, 15) is 0 Å². The maximum absolute atomic E-state index is 5.58. The van der Waals surface area contributed by atoms with Gasteiger partial charge in [0.25, 0.3) is 0 Å². The van der Waals surface area contributed by atoms with Crippen LogP contribution in [0.2, 0.25) is 0 Å². The Bertz CT molecular complexity index is 877. The van der Waals surface area contributed by atoms with Crippen molar-refractivity contribution in [2.24, 2.45) is 0 Å². The molecule has 2 aromatic rings. The summed E-state index contributed by atoms with van der Waals surface area (Å²) in [6, 6.07) is 13.5. The standard InChI is InChI=1S/C26H37N3O2/c1-20-17-26(31-4)21(2)16-22(20)18-27-11-7-8-23(19-27)28-12-14-29(15-13-28)24-9-5-6-10-25(24)30-3/h5-6,9-10,16-17,23H,7-8,11-15,18-19H2,1-4H3/t23-/m0/s1. The van der Waals surface area contributed by atoms with Crippen molar-refractivity contribution in [3.8, 4) is 11.5 Å². The Morgan fingerprint density at radius 2 is 1.61 bits per heavy atom. The minimum Gasteiger partial charge on any atom is -0.496 e. The summed E-state index contributed by atoms with van der Waals surface area (Å²) in [6.07, 6.45) is 2.59. The van der Waals surface area contributed by atoms with Gasteiger partial charge in [-0.25, -0.2) is 0 Å². The summed E-state index contributed by atoms with van der Waals surface area (Å²) >= 11 is 0. The number of piperidine rings is 1. The van der Waals surface area contributed by atoms with Gasteiger partial charge in [0.1, 0.15) is 11.5 Å². The summed E-state index contributed by atoms with van der Waals surface area (Å²) in [4.78, 5) is 7.83. The van der Waals surface area contributed by atoms with Crippen molar-refractivity contribution in [3.63, 3.8) is 0 Å². The Morgan fingerprint density at radius 3 is 2.35 bits per heavy atom. The Hall–Kier alpha value is -2.24. The normalized spacial score (nSPS) is 20.6. The Kier molecular flexibility index (Phi) is 7.03. The van der Waals surface area contributed by atoms with Crippen molar-refractivity contribution in [1.82, 2.24) is 9.80 Å². The van der Waals surface area contributed by atoms with Crippen LogP contribution in [0.15, 0.2) is 36.4 Å². The van der Waals surface area contributed by atoms with Gasteiger partial charge in [-0.2, -0.15) is 0 Å². The number of para-hydroxylation sites is 2. The van der Waals surface area contributed by atoms with Crippen LogP contribution < -0.4 is 14.4 Å². The van der Waals surface area contributed by atoms with Crippen LogP contribution in [-0.2, 0) is 6.54 Å². The van der Waals surface area contributed by atoms with Gasteiger partial charge in [0.15, 0.2) is 0 Å². The number of nitrogens with zero attached hydrogens (tertiary/aromatic N) is 3. The molecule has 31 heavy (non-hydrogen) atoms. The number of aryl methyl sites for hydroxylation is 2. The zero-order valence-electron chi connectivity index (χ0n) is 19.6. The maximum Gasteiger partial charge on any atom is 0.142 e. The second-order valence-corrected chi connectivity index (χ2v) is 8.97. The van der Waals surface area contributed by atoms with E-state index in [1.165, 1.54) is 48.3 Å². The van der Waals surface area contributed by atoms with Crippen molar-refractivity contribution in [2.75, 3.05) is 58.4 Å². The highest BCUT2D eigenvalue weighted by Gasteiger charge is 2.29. The van der Waals surface area contributed by atoms with Crippen LogP contribution in [0.5, 0.6) is 11.5 Å². The fourth-order valence-corrected chi connectivity index (χ4v) is 5.17. The smallest absolute Gasteiger partial charge is 0.142 e. The van der Waals surface area contributed by atoms with Crippen LogP contribution in [0, 0.1) is 13.8 Å². The van der Waals surface area contributed by atoms with Gasteiger partial charge >= 0.3 is 0 Å². The number of hydrogen-bond acceptors (Lipinski definition) is 5. The van der Waals surface area contributed by atoms with Gasteiger partial charge in [-0.3, -0.25) is 9.80 Å². The molecular formula is C26H37N3O2. The van der Waals surface area contributed by atoms with Gasteiger partial charge in [-0.05, 0) is 68.1 Å². The molecule has 0 bridgehead atoms. The topological polar surface area (TPSA) is 28.2 Å². The summed E-state index contributed by atoms with van der Waals surface area (Å²) in [5.74, 6) is 1.97. The third kappa shape index (κ3) is 4.99. The predicted octanol–water partition coefficient (Wildman–Crippen LogP) is 4.11. The van der Waals surface area contributed by atoms with E-state index in [-0.39, 0.29) is 0 Å². The predicted molar refractivity (Wildman–Crippen MR) is 128 cm³/mol. The number of benzene rings is 2. The van der Waals surface area contributed by atoms with E-state index in [4.69, 9.17) is 9.47 Å². The molecule has 0 unspecified atom stereocenters. The Labute approximate surface area is 187 Å². The van der Waals surface area contributed by atoms with E-state index in [0.717, 1.165) is 44.2 Å². The molecule has 0 spiro atoms. The average Bonchev–Trinajstić information content (AvgIpc) is 2.81. The van der Waals surface area contributed by atoms with Crippen LogP contribution in [0.25, 0.3) is 0 Å². The lowest BCUT2D eigenvalue weighted by atomic mass is 10.00. The van der Waals surface area contributed by atoms with Gasteiger partial charge in [-0.15, -0.1) is 0 Å². The first kappa shape index (κ1) is 22.0. The zero-order chi connectivity index (χ0) is 21.8. The molecule has 1 atom stereocenters. The van der Waals surface area contributed by atoms with Gasteiger partial charge in [0, 0.05) is 45.3 Å². The summed E-state index contributed by atoms with van der Waals surface area (Å²) in [5.41, 5.74) is 5.21. The minimum absolute atomic E-state index is 0.660. The number of rotatable bonds is 6. The van der Waals surface area contributed by atoms with E-state index in [1.54, 1.807) is 14.2 Å². The number of hydrogen-bond donors (Lipinski definition) is 0. The molecule has 5 heteroatoms. The Morgan fingerprint density at radius 1 is 0.871 bits per heavy atom. The minimum atomic E-state index is 0.660. The van der Waals surface area contributed by atoms with Gasteiger partial charge in [0.2, 0.25) is 0 Å². The molecule has 0 aromatic heterocycles. The zero-order valence-corrected chi connectivity index (χ0v) is 19.6. The first-order chi connectivity index (χ1) is 15.1. The Balaban J connectivity index is 1.35. The highest BCUT2D eigenvalue weighted by Crippen LogP contribution is 2.30. The van der Waals surface area contributed by atoms with E-state index < -0.39 is 0 Å². The molecule has 168 valence electrons. The molecular weight excluding hydrogens is 386 g/mol. The lowest BCUT2D eigenvalue weighted by molar-refractivity contribution is 0.0886. The van der Waals surface area contributed by atoms with Gasteiger partial charge in [0.05, 0.1) is 19.9 Å². The molecule has 0 amide bonds.